The lowest BCUT2D eigenvalue weighted by Gasteiger charge is -2.20. The van der Waals surface area contributed by atoms with Crippen molar-refractivity contribution in [2.45, 2.75) is 40.0 Å². The summed E-state index contributed by atoms with van der Waals surface area (Å²) in [5.74, 6) is 0.0463. The van der Waals surface area contributed by atoms with E-state index >= 15 is 0 Å². The number of hydrogen-bond acceptors (Lipinski definition) is 8. The molecule has 0 amide bonds. The van der Waals surface area contributed by atoms with E-state index in [1.807, 2.05) is 12.1 Å². The van der Waals surface area contributed by atoms with Crippen LogP contribution in [0.15, 0.2) is 41.3 Å². The Morgan fingerprint density at radius 3 is 2.23 bits per heavy atom. The molecule has 0 saturated heterocycles. The first-order valence-electron chi connectivity index (χ1n) is 10.8. The van der Waals surface area contributed by atoms with Crippen LogP contribution in [0.3, 0.4) is 0 Å². The molecule has 0 aliphatic rings. The standard InChI is InChI=1S/C26H26N2O7/c1-16(29)34-14-20-10-19-11-23(32-3)24(33-4)13-21(19)26(22(20)15-35-17(2)30)18-6-9-28(8-5-7-27)25(31)12-18/h6,9-13H,5,8,14-15H2,1-4H3. The number of carbonyl (C=O) groups excluding carboxylic acids is 2. The summed E-state index contributed by atoms with van der Waals surface area (Å²) in [6.07, 6.45) is 1.82. The number of methoxy groups -OCH3 is 2. The number of nitrogens with zero attached hydrogens (tertiary/aromatic N) is 2. The van der Waals surface area contributed by atoms with Crippen molar-refractivity contribution in [3.63, 3.8) is 0 Å². The third-order valence-corrected chi connectivity index (χ3v) is 5.44. The molecule has 1 heterocycles. The van der Waals surface area contributed by atoms with E-state index in [-0.39, 0.29) is 31.7 Å². The van der Waals surface area contributed by atoms with Gasteiger partial charge in [0.05, 0.1) is 26.7 Å². The molecule has 3 aromatic rings. The number of aryl methyl sites for hydroxylation is 1. The molecular formula is C26H26N2O7. The van der Waals surface area contributed by atoms with Crippen molar-refractivity contribution in [1.29, 1.82) is 5.26 Å². The molecule has 0 bridgehead atoms. The maximum atomic E-state index is 12.8. The molecule has 0 unspecified atom stereocenters. The van der Waals surface area contributed by atoms with E-state index in [1.54, 1.807) is 24.4 Å². The Hall–Kier alpha value is -4.32. The maximum absolute atomic E-state index is 12.8. The molecule has 182 valence electrons. The molecule has 35 heavy (non-hydrogen) atoms. The lowest BCUT2D eigenvalue weighted by molar-refractivity contribution is -0.143. The van der Waals surface area contributed by atoms with Gasteiger partial charge in [0, 0.05) is 38.2 Å². The van der Waals surface area contributed by atoms with Gasteiger partial charge < -0.3 is 23.5 Å². The first-order valence-corrected chi connectivity index (χ1v) is 10.8. The van der Waals surface area contributed by atoms with Gasteiger partial charge >= 0.3 is 11.9 Å². The number of rotatable bonds is 9. The number of benzene rings is 2. The minimum atomic E-state index is -0.478. The van der Waals surface area contributed by atoms with Gasteiger partial charge in [-0.1, -0.05) is 0 Å². The predicted octanol–water partition coefficient (Wildman–Crippen LogP) is 3.73. The summed E-state index contributed by atoms with van der Waals surface area (Å²) in [6.45, 7) is 2.74. The van der Waals surface area contributed by atoms with E-state index in [1.165, 1.54) is 38.7 Å². The normalized spacial score (nSPS) is 10.5. The van der Waals surface area contributed by atoms with E-state index in [0.29, 0.717) is 33.8 Å². The van der Waals surface area contributed by atoms with Crippen molar-refractivity contribution >= 4 is 22.7 Å². The Kier molecular flexibility index (Phi) is 8.10. The monoisotopic (exact) mass is 478 g/mol. The van der Waals surface area contributed by atoms with E-state index in [0.717, 1.165) is 10.8 Å². The summed E-state index contributed by atoms with van der Waals surface area (Å²) < 4.78 is 23.0. The first-order chi connectivity index (χ1) is 16.8. The zero-order chi connectivity index (χ0) is 25.5. The highest BCUT2D eigenvalue weighted by Gasteiger charge is 2.20. The Labute approximate surface area is 202 Å². The minimum Gasteiger partial charge on any atom is -0.493 e. The maximum Gasteiger partial charge on any atom is 0.302 e. The predicted molar refractivity (Wildman–Crippen MR) is 128 cm³/mol. The number of aromatic nitrogens is 1. The molecule has 9 heteroatoms. The molecule has 0 N–H and O–H groups in total. The Morgan fingerprint density at radius 2 is 1.63 bits per heavy atom. The number of pyridine rings is 1. The number of nitriles is 1. The summed E-state index contributed by atoms with van der Waals surface area (Å²) in [6, 6.07) is 10.7. The van der Waals surface area contributed by atoms with Crippen LogP contribution in [-0.4, -0.2) is 30.7 Å². The number of esters is 2. The van der Waals surface area contributed by atoms with Gasteiger partial charge in [0.1, 0.15) is 13.2 Å². The van der Waals surface area contributed by atoms with Crippen molar-refractivity contribution in [3.8, 4) is 28.7 Å². The molecule has 1 aromatic heterocycles. The molecule has 0 saturated carbocycles. The highest BCUT2D eigenvalue weighted by Crippen LogP contribution is 2.40. The summed E-state index contributed by atoms with van der Waals surface area (Å²) in [5, 5.41) is 10.3. The molecule has 3 rings (SSSR count). The van der Waals surface area contributed by atoms with E-state index in [2.05, 4.69) is 0 Å². The summed E-state index contributed by atoms with van der Waals surface area (Å²) in [7, 11) is 3.05. The molecule has 0 radical (unpaired) electrons. The second kappa shape index (κ2) is 11.2. The quantitative estimate of drug-likeness (QED) is 0.427. The van der Waals surface area contributed by atoms with Crippen LogP contribution in [0.4, 0.5) is 0 Å². The van der Waals surface area contributed by atoms with Gasteiger partial charge in [-0.15, -0.1) is 0 Å². The van der Waals surface area contributed by atoms with Crippen LogP contribution in [0.1, 0.15) is 31.4 Å². The largest absolute Gasteiger partial charge is 0.493 e. The van der Waals surface area contributed by atoms with Gasteiger partial charge in [-0.3, -0.25) is 14.4 Å². The van der Waals surface area contributed by atoms with Gasteiger partial charge in [0.25, 0.3) is 5.56 Å². The van der Waals surface area contributed by atoms with Crippen molar-refractivity contribution in [1.82, 2.24) is 4.57 Å². The van der Waals surface area contributed by atoms with E-state index < -0.39 is 11.9 Å². The van der Waals surface area contributed by atoms with Crippen LogP contribution < -0.4 is 15.0 Å². The highest BCUT2D eigenvalue weighted by atomic mass is 16.5. The van der Waals surface area contributed by atoms with Crippen molar-refractivity contribution in [2.24, 2.45) is 0 Å². The number of fused-ring (bicyclic) bond motifs is 1. The summed E-state index contributed by atoms with van der Waals surface area (Å²) >= 11 is 0. The van der Waals surface area contributed by atoms with E-state index in [4.69, 9.17) is 24.2 Å². The lowest BCUT2D eigenvalue weighted by Crippen LogP contribution is -2.18. The fraction of sp³-hybridized carbons (Fsp3) is 0.308. The zero-order valence-electron chi connectivity index (χ0n) is 20.0. The fourth-order valence-corrected chi connectivity index (χ4v) is 3.82. The van der Waals surface area contributed by atoms with Gasteiger partial charge in [-0.05, 0) is 51.7 Å². The summed E-state index contributed by atoms with van der Waals surface area (Å²) in [5.41, 5.74) is 2.14. The van der Waals surface area contributed by atoms with Crippen LogP contribution in [0, 0.1) is 11.3 Å². The SMILES string of the molecule is COc1cc2cc(COC(C)=O)c(COC(C)=O)c(-c3ccn(CCC#N)c(=O)c3)c2cc1OC. The average Bonchev–Trinajstić information content (AvgIpc) is 2.83. The first kappa shape index (κ1) is 25.3. The van der Waals surface area contributed by atoms with Gasteiger partial charge in [-0.2, -0.15) is 5.26 Å². The lowest BCUT2D eigenvalue weighted by atomic mass is 9.90. The van der Waals surface area contributed by atoms with Crippen LogP contribution in [-0.2, 0) is 38.8 Å². The minimum absolute atomic E-state index is 0.0531. The number of ether oxygens (including phenoxy) is 4. The molecule has 0 fully saturated rings. The van der Waals surface area contributed by atoms with Crippen LogP contribution in [0.2, 0.25) is 0 Å². The summed E-state index contributed by atoms with van der Waals surface area (Å²) in [4.78, 5) is 36.0. The van der Waals surface area contributed by atoms with Crippen LogP contribution in [0.25, 0.3) is 21.9 Å². The Balaban J connectivity index is 2.36. The molecule has 0 atom stereocenters. The second-order valence-electron chi connectivity index (χ2n) is 7.73. The van der Waals surface area contributed by atoms with Gasteiger partial charge in [-0.25, -0.2) is 0 Å². The van der Waals surface area contributed by atoms with Crippen molar-refractivity contribution in [3.05, 3.63) is 58.0 Å². The molecule has 0 aliphatic heterocycles. The molecule has 9 nitrogen and oxygen atoms in total. The van der Waals surface area contributed by atoms with Crippen LogP contribution in [0.5, 0.6) is 11.5 Å². The molecule has 0 spiro atoms. The highest BCUT2D eigenvalue weighted by molar-refractivity contribution is 6.01. The second-order valence-corrected chi connectivity index (χ2v) is 7.73. The average molecular weight is 479 g/mol. The van der Waals surface area contributed by atoms with Gasteiger partial charge in [0.2, 0.25) is 0 Å². The smallest absolute Gasteiger partial charge is 0.302 e. The fourth-order valence-electron chi connectivity index (χ4n) is 3.82. The van der Waals surface area contributed by atoms with Crippen molar-refractivity contribution < 1.29 is 28.5 Å². The van der Waals surface area contributed by atoms with Crippen molar-refractivity contribution in [2.75, 3.05) is 14.2 Å². The third-order valence-electron chi connectivity index (χ3n) is 5.44. The molecule has 0 aliphatic carbocycles. The van der Waals surface area contributed by atoms with E-state index in [9.17, 15) is 14.4 Å². The zero-order valence-corrected chi connectivity index (χ0v) is 20.0. The van der Waals surface area contributed by atoms with Gasteiger partial charge in [0.15, 0.2) is 11.5 Å². The Bertz CT molecular complexity index is 1370. The Morgan fingerprint density at radius 1 is 0.971 bits per heavy atom. The topological polar surface area (TPSA) is 117 Å². The third kappa shape index (κ3) is 5.79. The number of carbonyl (C=O) groups is 2. The molecule has 2 aromatic carbocycles. The molecular weight excluding hydrogens is 452 g/mol. The van der Waals surface area contributed by atoms with Crippen LogP contribution >= 0.6 is 0 Å². The number of hydrogen-bond donors (Lipinski definition) is 0.